The first-order chi connectivity index (χ1) is 10.2. The predicted octanol–water partition coefficient (Wildman–Crippen LogP) is 3.22. The smallest absolute Gasteiger partial charge is 0.407 e. The molecule has 0 aliphatic rings. The summed E-state index contributed by atoms with van der Waals surface area (Å²) in [4.78, 5) is 18.2. The first kappa shape index (κ1) is 24.5. The van der Waals surface area contributed by atoms with Crippen molar-refractivity contribution in [2.75, 3.05) is 27.2 Å². The SMILES string of the molecule is CCCCC(CNC(=O)OC(C)(C)C)NC(=NCC)N(C)C.I. The number of carbonyl (C=O) groups is 1. The monoisotopic (exact) mass is 442 g/mol. The Labute approximate surface area is 158 Å². The molecule has 0 spiro atoms. The predicted molar refractivity (Wildman–Crippen MR) is 108 cm³/mol. The van der Waals surface area contributed by atoms with Gasteiger partial charge in [-0.2, -0.15) is 0 Å². The maximum Gasteiger partial charge on any atom is 0.407 e. The molecule has 0 aromatic heterocycles. The van der Waals surface area contributed by atoms with Crippen LogP contribution in [-0.4, -0.2) is 55.8 Å². The number of amides is 1. The lowest BCUT2D eigenvalue weighted by Crippen LogP contribution is -2.48. The molecule has 0 heterocycles. The molecule has 1 amide bonds. The molecule has 0 aromatic carbocycles. The molecule has 0 aliphatic carbocycles. The topological polar surface area (TPSA) is 66.0 Å². The van der Waals surface area contributed by atoms with Crippen LogP contribution < -0.4 is 10.6 Å². The summed E-state index contributed by atoms with van der Waals surface area (Å²) in [7, 11) is 3.92. The normalized spacial score (nSPS) is 12.9. The molecule has 0 fully saturated rings. The molecule has 7 heteroatoms. The molecule has 23 heavy (non-hydrogen) atoms. The van der Waals surface area contributed by atoms with Gasteiger partial charge in [-0.25, -0.2) is 4.79 Å². The summed E-state index contributed by atoms with van der Waals surface area (Å²) < 4.78 is 5.27. The van der Waals surface area contributed by atoms with E-state index in [0.717, 1.165) is 31.8 Å². The number of guanidine groups is 1. The maximum absolute atomic E-state index is 11.8. The fourth-order valence-electron chi connectivity index (χ4n) is 1.85. The van der Waals surface area contributed by atoms with Crippen molar-refractivity contribution >= 4 is 36.0 Å². The molecule has 0 bridgehead atoms. The Morgan fingerprint density at radius 1 is 1.26 bits per heavy atom. The second kappa shape index (κ2) is 12.7. The summed E-state index contributed by atoms with van der Waals surface area (Å²) >= 11 is 0. The van der Waals surface area contributed by atoms with Gasteiger partial charge in [0.05, 0.1) is 0 Å². The number of hydrogen-bond donors (Lipinski definition) is 2. The third kappa shape index (κ3) is 13.4. The van der Waals surface area contributed by atoms with E-state index in [4.69, 9.17) is 4.74 Å². The van der Waals surface area contributed by atoms with E-state index >= 15 is 0 Å². The minimum atomic E-state index is -0.477. The zero-order valence-corrected chi connectivity index (χ0v) is 18.1. The van der Waals surface area contributed by atoms with Gasteiger partial charge >= 0.3 is 6.09 Å². The zero-order chi connectivity index (χ0) is 17.2. The van der Waals surface area contributed by atoms with Crippen LogP contribution in [0, 0.1) is 0 Å². The van der Waals surface area contributed by atoms with Crippen molar-refractivity contribution in [3.8, 4) is 0 Å². The van der Waals surface area contributed by atoms with E-state index < -0.39 is 5.60 Å². The van der Waals surface area contributed by atoms with Crippen LogP contribution in [0.1, 0.15) is 53.9 Å². The third-order valence-electron chi connectivity index (χ3n) is 2.86. The van der Waals surface area contributed by atoms with Gasteiger partial charge in [-0.15, -0.1) is 24.0 Å². The number of hydrogen-bond acceptors (Lipinski definition) is 3. The van der Waals surface area contributed by atoms with Gasteiger partial charge in [0.2, 0.25) is 0 Å². The van der Waals surface area contributed by atoms with Crippen LogP contribution in [0.3, 0.4) is 0 Å². The molecule has 0 aromatic rings. The van der Waals surface area contributed by atoms with Gasteiger partial charge in [0.15, 0.2) is 5.96 Å². The van der Waals surface area contributed by atoms with E-state index in [1.807, 2.05) is 46.7 Å². The lowest BCUT2D eigenvalue weighted by molar-refractivity contribution is 0.0522. The lowest BCUT2D eigenvalue weighted by atomic mass is 10.1. The number of halogens is 1. The summed E-state index contributed by atoms with van der Waals surface area (Å²) in [6, 6.07) is 0.139. The van der Waals surface area contributed by atoms with Crippen molar-refractivity contribution in [2.45, 2.75) is 65.5 Å². The number of nitrogens with zero attached hydrogens (tertiary/aromatic N) is 2. The Kier molecular flexibility index (Phi) is 13.5. The standard InChI is InChI=1S/C16H34N4O2.HI/c1-8-10-11-13(19-14(17-9-2)20(6)7)12-18-15(21)22-16(3,4)5;/h13H,8-12H2,1-7H3,(H,17,19)(H,18,21);1H. The minimum absolute atomic E-state index is 0. The average Bonchev–Trinajstić information content (AvgIpc) is 2.38. The highest BCUT2D eigenvalue weighted by atomic mass is 127. The average molecular weight is 442 g/mol. The molecule has 0 rings (SSSR count). The maximum atomic E-state index is 11.8. The van der Waals surface area contributed by atoms with Crippen molar-refractivity contribution in [1.29, 1.82) is 0 Å². The first-order valence-corrected chi connectivity index (χ1v) is 8.14. The fourth-order valence-corrected chi connectivity index (χ4v) is 1.85. The van der Waals surface area contributed by atoms with Crippen molar-refractivity contribution in [1.82, 2.24) is 15.5 Å². The van der Waals surface area contributed by atoms with Gasteiger partial charge in [0.25, 0.3) is 0 Å². The van der Waals surface area contributed by atoms with Crippen LogP contribution in [0.25, 0.3) is 0 Å². The Morgan fingerprint density at radius 2 is 1.87 bits per heavy atom. The molecule has 0 saturated heterocycles. The number of rotatable bonds is 7. The number of aliphatic imine (C=N–C) groups is 1. The summed E-state index contributed by atoms with van der Waals surface area (Å²) in [6.45, 7) is 11.0. The highest BCUT2D eigenvalue weighted by Crippen LogP contribution is 2.07. The molecular formula is C16H35IN4O2. The second-order valence-corrected chi connectivity index (χ2v) is 6.56. The highest BCUT2D eigenvalue weighted by Gasteiger charge is 2.18. The van der Waals surface area contributed by atoms with Crippen LogP contribution in [0.4, 0.5) is 4.79 Å². The zero-order valence-electron chi connectivity index (χ0n) is 15.7. The lowest BCUT2D eigenvalue weighted by Gasteiger charge is -2.26. The van der Waals surface area contributed by atoms with Crippen LogP contribution in [-0.2, 0) is 4.74 Å². The van der Waals surface area contributed by atoms with E-state index in [2.05, 4.69) is 22.5 Å². The van der Waals surface area contributed by atoms with Gasteiger partial charge in [0.1, 0.15) is 5.60 Å². The van der Waals surface area contributed by atoms with Gasteiger partial charge in [0, 0.05) is 33.2 Å². The summed E-state index contributed by atoms with van der Waals surface area (Å²) in [5, 5.41) is 6.25. The third-order valence-corrected chi connectivity index (χ3v) is 2.86. The largest absolute Gasteiger partial charge is 0.444 e. The van der Waals surface area contributed by atoms with Gasteiger partial charge in [-0.1, -0.05) is 19.8 Å². The second-order valence-electron chi connectivity index (χ2n) is 6.56. The Bertz CT molecular complexity index is 354. The van der Waals surface area contributed by atoms with Gasteiger partial charge in [-0.3, -0.25) is 4.99 Å². The molecule has 2 N–H and O–H groups in total. The van der Waals surface area contributed by atoms with Crippen molar-refractivity contribution < 1.29 is 9.53 Å². The number of nitrogens with one attached hydrogen (secondary N) is 2. The molecule has 0 aliphatic heterocycles. The van der Waals surface area contributed by atoms with E-state index in [1.165, 1.54) is 0 Å². The Morgan fingerprint density at radius 3 is 2.30 bits per heavy atom. The fraction of sp³-hybridized carbons (Fsp3) is 0.875. The molecule has 0 radical (unpaired) electrons. The number of alkyl carbamates (subject to hydrolysis) is 1. The molecule has 1 atom stereocenters. The molecule has 0 saturated carbocycles. The number of unbranched alkanes of at least 4 members (excludes halogenated alkanes) is 1. The molecule has 6 nitrogen and oxygen atoms in total. The number of ether oxygens (including phenoxy) is 1. The van der Waals surface area contributed by atoms with Crippen molar-refractivity contribution in [3.63, 3.8) is 0 Å². The summed E-state index contributed by atoms with van der Waals surface area (Å²) in [5.41, 5.74) is -0.477. The first-order valence-electron chi connectivity index (χ1n) is 8.14. The quantitative estimate of drug-likeness (QED) is 0.361. The van der Waals surface area contributed by atoms with Crippen molar-refractivity contribution in [3.05, 3.63) is 0 Å². The van der Waals surface area contributed by atoms with E-state index in [1.54, 1.807) is 0 Å². The summed E-state index contributed by atoms with van der Waals surface area (Å²) in [6.07, 6.45) is 2.81. The van der Waals surface area contributed by atoms with Gasteiger partial charge in [-0.05, 0) is 34.1 Å². The van der Waals surface area contributed by atoms with Crippen molar-refractivity contribution in [2.24, 2.45) is 4.99 Å². The van der Waals surface area contributed by atoms with Gasteiger partial charge < -0.3 is 20.3 Å². The Hall–Kier alpha value is -0.730. The van der Waals surface area contributed by atoms with Crippen LogP contribution >= 0.6 is 24.0 Å². The van der Waals surface area contributed by atoms with Crippen LogP contribution in [0.15, 0.2) is 4.99 Å². The van der Waals surface area contributed by atoms with E-state index in [9.17, 15) is 4.79 Å². The minimum Gasteiger partial charge on any atom is -0.444 e. The molecule has 1 unspecified atom stereocenters. The molecular weight excluding hydrogens is 407 g/mol. The van der Waals surface area contributed by atoms with Crippen LogP contribution in [0.5, 0.6) is 0 Å². The Balaban J connectivity index is 0. The van der Waals surface area contributed by atoms with E-state index in [0.29, 0.717) is 6.54 Å². The van der Waals surface area contributed by atoms with Crippen LogP contribution in [0.2, 0.25) is 0 Å². The molecule has 138 valence electrons. The highest BCUT2D eigenvalue weighted by molar-refractivity contribution is 14.0. The summed E-state index contributed by atoms with van der Waals surface area (Å²) in [5.74, 6) is 0.842. The van der Waals surface area contributed by atoms with E-state index in [-0.39, 0.29) is 36.1 Å². The number of carbonyl (C=O) groups excluding carboxylic acids is 1.